The number of anilines is 1. The summed E-state index contributed by atoms with van der Waals surface area (Å²) in [4.78, 5) is 25.4. The molecule has 0 saturated carbocycles. The van der Waals surface area contributed by atoms with E-state index in [9.17, 15) is 9.59 Å². The zero-order valence-corrected chi connectivity index (χ0v) is 13.2. The second-order valence-corrected chi connectivity index (χ2v) is 5.14. The Morgan fingerprint density at radius 1 is 1.33 bits per heavy atom. The standard InChI is InChI=1S/C15H21N3O2.ClH/c1-11(19)17-13-6-3-5-12(9-13)15(20)18-8-4-7-14(10-18)16-2;/h3,5-6,9,14,16H,4,7-8,10H2,1-2H3,(H,17,19);1H. The van der Waals surface area contributed by atoms with Gasteiger partial charge in [0.05, 0.1) is 0 Å². The number of piperidine rings is 1. The molecule has 0 spiro atoms. The van der Waals surface area contributed by atoms with Crippen LogP contribution in [-0.2, 0) is 4.79 Å². The van der Waals surface area contributed by atoms with Crippen LogP contribution in [0.15, 0.2) is 24.3 Å². The summed E-state index contributed by atoms with van der Waals surface area (Å²) < 4.78 is 0. The highest BCUT2D eigenvalue weighted by Gasteiger charge is 2.23. The van der Waals surface area contributed by atoms with Crippen molar-refractivity contribution in [2.45, 2.75) is 25.8 Å². The topological polar surface area (TPSA) is 61.4 Å². The molecule has 0 bridgehead atoms. The zero-order valence-electron chi connectivity index (χ0n) is 12.4. The molecule has 0 radical (unpaired) electrons. The number of carbonyl (C=O) groups excluding carboxylic acids is 2. The minimum atomic E-state index is -0.136. The maximum absolute atomic E-state index is 12.5. The smallest absolute Gasteiger partial charge is 0.253 e. The summed E-state index contributed by atoms with van der Waals surface area (Å²) in [5.74, 6) is -0.111. The molecule has 2 N–H and O–H groups in total. The number of carbonyl (C=O) groups is 2. The average molecular weight is 312 g/mol. The van der Waals surface area contributed by atoms with Crippen LogP contribution in [0.2, 0.25) is 0 Å². The van der Waals surface area contributed by atoms with Crippen molar-refractivity contribution in [1.29, 1.82) is 0 Å². The molecule has 1 aliphatic rings. The Labute approximate surface area is 131 Å². The van der Waals surface area contributed by atoms with Gasteiger partial charge in [-0.05, 0) is 38.1 Å². The lowest BCUT2D eigenvalue weighted by Gasteiger charge is -2.32. The first-order valence-corrected chi connectivity index (χ1v) is 6.94. The van der Waals surface area contributed by atoms with Crippen molar-refractivity contribution in [1.82, 2.24) is 10.2 Å². The molecule has 2 amide bonds. The van der Waals surface area contributed by atoms with Gasteiger partial charge in [0, 0.05) is 37.3 Å². The van der Waals surface area contributed by atoms with E-state index in [-0.39, 0.29) is 24.2 Å². The number of likely N-dealkylation sites (tertiary alicyclic amines) is 1. The Kier molecular flexibility index (Phi) is 6.65. The number of hydrogen-bond acceptors (Lipinski definition) is 3. The van der Waals surface area contributed by atoms with Crippen LogP contribution in [-0.4, -0.2) is 42.9 Å². The van der Waals surface area contributed by atoms with Crippen LogP contribution in [0.4, 0.5) is 5.69 Å². The Bertz CT molecular complexity index is 507. The molecule has 6 heteroatoms. The lowest BCUT2D eigenvalue weighted by Crippen LogP contribution is -2.46. The van der Waals surface area contributed by atoms with Gasteiger partial charge < -0.3 is 15.5 Å². The number of benzene rings is 1. The molecular formula is C15H22ClN3O2. The van der Waals surface area contributed by atoms with Crippen molar-refractivity contribution in [3.63, 3.8) is 0 Å². The Balaban J connectivity index is 0.00000220. The molecule has 1 unspecified atom stereocenters. The molecule has 1 heterocycles. The molecule has 1 atom stereocenters. The van der Waals surface area contributed by atoms with E-state index in [1.165, 1.54) is 6.92 Å². The molecule has 1 fully saturated rings. The number of amides is 2. The summed E-state index contributed by atoms with van der Waals surface area (Å²) >= 11 is 0. The van der Waals surface area contributed by atoms with Crippen LogP contribution in [0.3, 0.4) is 0 Å². The monoisotopic (exact) mass is 311 g/mol. The molecule has 1 aromatic carbocycles. The van der Waals surface area contributed by atoms with Crippen LogP contribution < -0.4 is 10.6 Å². The van der Waals surface area contributed by atoms with Crippen molar-refractivity contribution in [3.05, 3.63) is 29.8 Å². The normalized spacial score (nSPS) is 17.8. The lowest BCUT2D eigenvalue weighted by molar-refractivity contribution is -0.114. The van der Waals surface area contributed by atoms with Gasteiger partial charge in [0.15, 0.2) is 0 Å². The van der Waals surface area contributed by atoms with Gasteiger partial charge >= 0.3 is 0 Å². The van der Waals surface area contributed by atoms with E-state index in [0.717, 1.165) is 25.9 Å². The molecule has 2 rings (SSSR count). The summed E-state index contributed by atoms with van der Waals surface area (Å²) in [7, 11) is 1.93. The fraction of sp³-hybridized carbons (Fsp3) is 0.467. The van der Waals surface area contributed by atoms with Crippen molar-refractivity contribution in [2.75, 3.05) is 25.5 Å². The second-order valence-electron chi connectivity index (χ2n) is 5.14. The predicted octanol–water partition coefficient (Wildman–Crippen LogP) is 1.89. The molecular weight excluding hydrogens is 290 g/mol. The molecule has 1 aromatic rings. The van der Waals surface area contributed by atoms with Gasteiger partial charge in [0.2, 0.25) is 5.91 Å². The number of likely N-dealkylation sites (N-methyl/N-ethyl adjacent to an activating group) is 1. The summed E-state index contributed by atoms with van der Waals surface area (Å²) in [6.07, 6.45) is 2.12. The van der Waals surface area contributed by atoms with Crippen molar-refractivity contribution < 1.29 is 9.59 Å². The lowest BCUT2D eigenvalue weighted by atomic mass is 10.0. The summed E-state index contributed by atoms with van der Waals surface area (Å²) in [6.45, 7) is 2.98. The molecule has 1 aliphatic heterocycles. The molecule has 21 heavy (non-hydrogen) atoms. The van der Waals surface area contributed by atoms with E-state index in [2.05, 4.69) is 10.6 Å². The largest absolute Gasteiger partial charge is 0.337 e. The third-order valence-electron chi connectivity index (χ3n) is 3.55. The molecule has 5 nitrogen and oxygen atoms in total. The Hall–Kier alpha value is -1.59. The van der Waals surface area contributed by atoms with Gasteiger partial charge in [-0.15, -0.1) is 12.4 Å². The molecule has 116 valence electrons. The minimum Gasteiger partial charge on any atom is -0.337 e. The fourth-order valence-corrected chi connectivity index (χ4v) is 2.51. The van der Waals surface area contributed by atoms with E-state index in [1.54, 1.807) is 24.3 Å². The third kappa shape index (κ3) is 4.72. The number of hydrogen-bond donors (Lipinski definition) is 2. The third-order valence-corrected chi connectivity index (χ3v) is 3.55. The second kappa shape index (κ2) is 8.00. The summed E-state index contributed by atoms with van der Waals surface area (Å²) in [5, 5.41) is 5.93. The van der Waals surface area contributed by atoms with Gasteiger partial charge in [-0.2, -0.15) is 0 Å². The van der Waals surface area contributed by atoms with E-state index >= 15 is 0 Å². The van der Waals surface area contributed by atoms with Crippen LogP contribution in [0, 0.1) is 0 Å². The number of nitrogens with zero attached hydrogens (tertiary/aromatic N) is 1. The highest BCUT2D eigenvalue weighted by Crippen LogP contribution is 2.16. The molecule has 0 aromatic heterocycles. The first-order chi connectivity index (χ1) is 9.60. The van der Waals surface area contributed by atoms with E-state index < -0.39 is 0 Å². The predicted molar refractivity (Wildman–Crippen MR) is 86.0 cm³/mol. The first kappa shape index (κ1) is 17.5. The Morgan fingerprint density at radius 2 is 2.10 bits per heavy atom. The number of halogens is 1. The number of nitrogens with one attached hydrogen (secondary N) is 2. The van der Waals surface area contributed by atoms with Crippen molar-refractivity contribution in [2.24, 2.45) is 0 Å². The van der Waals surface area contributed by atoms with Crippen LogP contribution in [0.5, 0.6) is 0 Å². The van der Waals surface area contributed by atoms with E-state index in [1.807, 2.05) is 11.9 Å². The van der Waals surface area contributed by atoms with Gasteiger partial charge in [0.25, 0.3) is 5.91 Å². The highest BCUT2D eigenvalue weighted by atomic mass is 35.5. The van der Waals surface area contributed by atoms with Gasteiger partial charge in [-0.1, -0.05) is 6.07 Å². The fourth-order valence-electron chi connectivity index (χ4n) is 2.51. The highest BCUT2D eigenvalue weighted by molar-refractivity contribution is 5.96. The van der Waals surface area contributed by atoms with Gasteiger partial charge in [-0.3, -0.25) is 9.59 Å². The first-order valence-electron chi connectivity index (χ1n) is 6.94. The SMILES string of the molecule is CNC1CCCN(C(=O)c2cccc(NC(C)=O)c2)C1.Cl. The minimum absolute atomic E-state index is 0. The molecule has 0 aliphatic carbocycles. The zero-order chi connectivity index (χ0) is 14.5. The van der Waals surface area contributed by atoms with Crippen LogP contribution >= 0.6 is 12.4 Å². The Morgan fingerprint density at radius 3 is 2.76 bits per heavy atom. The average Bonchev–Trinajstić information content (AvgIpc) is 2.46. The maximum Gasteiger partial charge on any atom is 0.253 e. The van der Waals surface area contributed by atoms with Crippen molar-refractivity contribution in [3.8, 4) is 0 Å². The van der Waals surface area contributed by atoms with Crippen molar-refractivity contribution >= 4 is 29.9 Å². The summed E-state index contributed by atoms with van der Waals surface area (Å²) in [5.41, 5.74) is 1.28. The number of rotatable bonds is 3. The van der Waals surface area contributed by atoms with Gasteiger partial charge in [-0.25, -0.2) is 0 Å². The molecule has 1 saturated heterocycles. The van der Waals surface area contributed by atoms with Crippen LogP contribution in [0.1, 0.15) is 30.1 Å². The van der Waals surface area contributed by atoms with E-state index in [0.29, 0.717) is 17.3 Å². The summed E-state index contributed by atoms with van der Waals surface area (Å²) in [6, 6.07) is 7.46. The van der Waals surface area contributed by atoms with E-state index in [4.69, 9.17) is 0 Å². The van der Waals surface area contributed by atoms with Crippen LogP contribution in [0.25, 0.3) is 0 Å². The van der Waals surface area contributed by atoms with Gasteiger partial charge in [0.1, 0.15) is 0 Å². The quantitative estimate of drug-likeness (QED) is 0.896. The maximum atomic E-state index is 12.5.